The summed E-state index contributed by atoms with van der Waals surface area (Å²) in [6.07, 6.45) is 3.25. The Morgan fingerprint density at radius 2 is 2.12 bits per heavy atom. The van der Waals surface area contributed by atoms with Gasteiger partial charge in [0.05, 0.1) is 7.11 Å². The number of methoxy groups -OCH3 is 1. The van der Waals surface area contributed by atoms with Gasteiger partial charge in [-0.3, -0.25) is 9.36 Å². The second-order valence-electron chi connectivity index (χ2n) is 5.04. The van der Waals surface area contributed by atoms with Gasteiger partial charge in [-0.1, -0.05) is 18.2 Å². The summed E-state index contributed by atoms with van der Waals surface area (Å²) >= 11 is 5.29. The number of ether oxygens (including phenoxy) is 1. The third-order valence-corrected chi connectivity index (χ3v) is 3.79. The van der Waals surface area contributed by atoms with Crippen LogP contribution in [0.2, 0.25) is 0 Å². The Hall–Kier alpha value is -2.93. The number of H-pyrrole nitrogens is 1. The quantitative estimate of drug-likeness (QED) is 0.701. The maximum atomic E-state index is 12.5. The maximum absolute atomic E-state index is 12.5. The van der Waals surface area contributed by atoms with Gasteiger partial charge < -0.3 is 15.0 Å². The molecule has 0 aliphatic heterocycles. The molecule has 1 amide bonds. The molecule has 0 atom stereocenters. The van der Waals surface area contributed by atoms with Crippen molar-refractivity contribution in [1.82, 2.24) is 19.9 Å². The number of rotatable bonds is 5. The van der Waals surface area contributed by atoms with E-state index in [0.29, 0.717) is 22.9 Å². The molecule has 0 bridgehead atoms. The normalized spacial score (nSPS) is 10.4. The van der Waals surface area contributed by atoms with E-state index < -0.39 is 0 Å². The van der Waals surface area contributed by atoms with Gasteiger partial charge in [0.1, 0.15) is 5.69 Å². The van der Waals surface area contributed by atoms with Crippen molar-refractivity contribution >= 4 is 18.1 Å². The van der Waals surface area contributed by atoms with Gasteiger partial charge in [0, 0.05) is 30.7 Å². The van der Waals surface area contributed by atoms with Crippen LogP contribution in [-0.2, 0) is 6.54 Å². The molecule has 1 aromatic carbocycles. The van der Waals surface area contributed by atoms with Crippen LogP contribution in [0.5, 0.6) is 5.88 Å². The third-order valence-electron chi connectivity index (χ3n) is 3.48. The zero-order valence-corrected chi connectivity index (χ0v) is 13.8. The van der Waals surface area contributed by atoms with Crippen LogP contribution in [0.4, 0.5) is 0 Å². The third kappa shape index (κ3) is 3.36. The largest absolute Gasteiger partial charge is 0.481 e. The summed E-state index contributed by atoms with van der Waals surface area (Å²) in [5.74, 6) is 0.289. The van der Waals surface area contributed by atoms with E-state index >= 15 is 0 Å². The average Bonchev–Trinajstić information content (AvgIpc) is 3.02. The van der Waals surface area contributed by atoms with E-state index in [9.17, 15) is 4.79 Å². The Morgan fingerprint density at radius 3 is 2.88 bits per heavy atom. The lowest BCUT2D eigenvalue weighted by molar-refractivity contribution is 0.0944. The van der Waals surface area contributed by atoms with E-state index in [1.165, 1.54) is 0 Å². The summed E-state index contributed by atoms with van der Waals surface area (Å²) in [5, 5.41) is 2.88. The average molecular weight is 340 g/mol. The number of hydrogen-bond donors (Lipinski definition) is 2. The van der Waals surface area contributed by atoms with Gasteiger partial charge in [-0.2, -0.15) is 0 Å². The van der Waals surface area contributed by atoms with Gasteiger partial charge in [0.2, 0.25) is 5.88 Å². The lowest BCUT2D eigenvalue weighted by Gasteiger charge is -2.09. The molecule has 3 aromatic rings. The minimum atomic E-state index is -0.220. The molecule has 122 valence electrons. The number of carbonyl (C=O) groups is 1. The standard InChI is InChI=1S/C17H16N4O2S/c1-23-15-9-12(7-8-18-15)10-19-16(22)14-11-20-17(24)21(14)13-5-3-2-4-6-13/h2-9,11H,10H2,1H3,(H,19,22)(H,20,24). The second-order valence-corrected chi connectivity index (χ2v) is 5.43. The van der Waals surface area contributed by atoms with Crippen molar-refractivity contribution in [2.24, 2.45) is 0 Å². The zero-order chi connectivity index (χ0) is 16.9. The molecule has 0 saturated heterocycles. The van der Waals surface area contributed by atoms with Crippen molar-refractivity contribution in [3.8, 4) is 11.6 Å². The highest BCUT2D eigenvalue weighted by atomic mass is 32.1. The molecule has 0 saturated carbocycles. The van der Waals surface area contributed by atoms with Crippen molar-refractivity contribution in [2.75, 3.05) is 7.11 Å². The maximum Gasteiger partial charge on any atom is 0.270 e. The molecule has 6 nitrogen and oxygen atoms in total. The molecule has 24 heavy (non-hydrogen) atoms. The predicted molar refractivity (Wildman–Crippen MR) is 92.9 cm³/mol. The number of benzene rings is 1. The van der Waals surface area contributed by atoms with Gasteiger partial charge in [-0.15, -0.1) is 0 Å². The van der Waals surface area contributed by atoms with E-state index in [2.05, 4.69) is 15.3 Å². The molecular weight excluding hydrogens is 324 g/mol. The number of para-hydroxylation sites is 1. The van der Waals surface area contributed by atoms with Gasteiger partial charge in [-0.25, -0.2) is 4.98 Å². The van der Waals surface area contributed by atoms with E-state index in [4.69, 9.17) is 17.0 Å². The first kappa shape index (κ1) is 15.9. The Kier molecular flexibility index (Phi) is 4.72. The van der Waals surface area contributed by atoms with Crippen LogP contribution in [0.25, 0.3) is 5.69 Å². The molecule has 7 heteroatoms. The van der Waals surface area contributed by atoms with Gasteiger partial charge in [-0.05, 0) is 36.0 Å². The van der Waals surface area contributed by atoms with E-state index in [1.807, 2.05) is 36.4 Å². The fourth-order valence-corrected chi connectivity index (χ4v) is 2.58. The molecule has 3 rings (SSSR count). The topological polar surface area (TPSA) is 71.9 Å². The minimum Gasteiger partial charge on any atom is -0.481 e. The Balaban J connectivity index is 1.80. The number of carbonyl (C=O) groups excluding carboxylic acids is 1. The fourth-order valence-electron chi connectivity index (χ4n) is 2.31. The SMILES string of the molecule is COc1cc(CNC(=O)c2c[nH]c(=S)n2-c2ccccc2)ccn1. The Bertz CT molecular complexity index is 902. The molecule has 2 heterocycles. The number of hydrogen-bond acceptors (Lipinski definition) is 4. The summed E-state index contributed by atoms with van der Waals surface area (Å²) in [6, 6.07) is 13.1. The molecule has 0 fully saturated rings. The number of amides is 1. The molecule has 0 radical (unpaired) electrons. The van der Waals surface area contributed by atoms with Gasteiger partial charge in [0.15, 0.2) is 4.77 Å². The summed E-state index contributed by atoms with van der Waals surface area (Å²) < 4.78 is 7.26. The monoisotopic (exact) mass is 340 g/mol. The summed E-state index contributed by atoms with van der Waals surface area (Å²) in [7, 11) is 1.55. The molecule has 0 unspecified atom stereocenters. The zero-order valence-electron chi connectivity index (χ0n) is 13.0. The van der Waals surface area contributed by atoms with Crippen molar-refractivity contribution in [3.05, 3.63) is 70.9 Å². The smallest absolute Gasteiger partial charge is 0.270 e. The number of imidazole rings is 1. The Labute approximate surface area is 144 Å². The highest BCUT2D eigenvalue weighted by molar-refractivity contribution is 7.71. The first-order chi connectivity index (χ1) is 11.7. The molecule has 0 aliphatic rings. The van der Waals surface area contributed by atoms with Crippen LogP contribution in [0.1, 0.15) is 16.1 Å². The van der Waals surface area contributed by atoms with E-state index in [1.54, 1.807) is 30.1 Å². The van der Waals surface area contributed by atoms with Crippen molar-refractivity contribution in [3.63, 3.8) is 0 Å². The molecular formula is C17H16N4O2S. The summed E-state index contributed by atoms with van der Waals surface area (Å²) in [6.45, 7) is 0.366. The summed E-state index contributed by atoms with van der Waals surface area (Å²) in [4.78, 5) is 19.5. The minimum absolute atomic E-state index is 0.220. The number of nitrogens with one attached hydrogen (secondary N) is 2. The molecule has 2 aromatic heterocycles. The first-order valence-electron chi connectivity index (χ1n) is 7.32. The van der Waals surface area contributed by atoms with Crippen LogP contribution in [0.15, 0.2) is 54.9 Å². The molecule has 0 aliphatic carbocycles. The lowest BCUT2D eigenvalue weighted by atomic mass is 10.2. The second kappa shape index (κ2) is 7.10. The van der Waals surface area contributed by atoms with Crippen molar-refractivity contribution < 1.29 is 9.53 Å². The summed E-state index contributed by atoms with van der Waals surface area (Å²) in [5.41, 5.74) is 2.18. The van der Waals surface area contributed by atoms with Crippen LogP contribution in [0.3, 0.4) is 0 Å². The number of pyridine rings is 1. The van der Waals surface area contributed by atoms with Crippen LogP contribution < -0.4 is 10.1 Å². The van der Waals surface area contributed by atoms with Crippen LogP contribution in [0, 0.1) is 4.77 Å². The lowest BCUT2D eigenvalue weighted by Crippen LogP contribution is -2.25. The first-order valence-corrected chi connectivity index (χ1v) is 7.73. The van der Waals surface area contributed by atoms with Crippen molar-refractivity contribution in [2.45, 2.75) is 6.54 Å². The van der Waals surface area contributed by atoms with E-state index in [0.717, 1.165) is 11.3 Å². The highest BCUT2D eigenvalue weighted by Gasteiger charge is 2.14. The molecule has 2 N–H and O–H groups in total. The van der Waals surface area contributed by atoms with Crippen LogP contribution >= 0.6 is 12.2 Å². The van der Waals surface area contributed by atoms with Crippen molar-refractivity contribution in [1.29, 1.82) is 0 Å². The van der Waals surface area contributed by atoms with Crippen LogP contribution in [-0.4, -0.2) is 27.6 Å². The number of nitrogens with zero attached hydrogens (tertiary/aromatic N) is 2. The number of aromatic amines is 1. The molecule has 0 spiro atoms. The van der Waals surface area contributed by atoms with E-state index in [-0.39, 0.29) is 5.91 Å². The Morgan fingerprint density at radius 1 is 1.33 bits per heavy atom. The van der Waals surface area contributed by atoms with Gasteiger partial charge in [0.25, 0.3) is 5.91 Å². The number of aromatic nitrogens is 3. The highest BCUT2D eigenvalue weighted by Crippen LogP contribution is 2.13. The predicted octanol–water partition coefficient (Wildman–Crippen LogP) is 2.87. The van der Waals surface area contributed by atoms with Gasteiger partial charge >= 0.3 is 0 Å². The fraction of sp³-hybridized carbons (Fsp3) is 0.118.